The monoisotopic (exact) mass is 301 g/mol. The summed E-state index contributed by atoms with van der Waals surface area (Å²) >= 11 is 0. The maximum atomic E-state index is 13.1. The van der Waals surface area contributed by atoms with Gasteiger partial charge >= 0.3 is 5.97 Å². The largest absolute Gasteiger partial charge is 0.497 e. The number of halogens is 2. The van der Waals surface area contributed by atoms with Crippen LogP contribution in [0.25, 0.3) is 0 Å². The van der Waals surface area contributed by atoms with Gasteiger partial charge in [0, 0.05) is 19.4 Å². The molecule has 0 aliphatic heterocycles. The molecular formula is C15H21F2NO3. The number of alkyl halides is 2. The molecule has 1 aliphatic carbocycles. The molecule has 1 fully saturated rings. The average molecular weight is 301 g/mol. The van der Waals surface area contributed by atoms with Crippen molar-refractivity contribution in [1.82, 2.24) is 0 Å². The normalized spacial score (nSPS) is 18.9. The standard InChI is InChI=1S/C15H21F2NO3/c1-5-6-18-13(14(19)21-4)7-12(10(2)20-3)11-8-15(16,17)9-11/h7,11H,2,5-6,8-9H2,1,3-4H3. The van der Waals surface area contributed by atoms with Crippen LogP contribution >= 0.6 is 0 Å². The molecule has 0 heterocycles. The summed E-state index contributed by atoms with van der Waals surface area (Å²) in [4.78, 5) is 15.8. The predicted octanol–water partition coefficient (Wildman–Crippen LogP) is 3.14. The van der Waals surface area contributed by atoms with Crippen LogP contribution in [0.15, 0.2) is 29.0 Å². The molecule has 0 atom stereocenters. The Balaban J connectivity index is 3.04. The summed E-state index contributed by atoms with van der Waals surface area (Å²) in [5.74, 6) is -3.38. The van der Waals surface area contributed by atoms with Gasteiger partial charge in [-0.3, -0.25) is 4.99 Å². The van der Waals surface area contributed by atoms with Crippen LogP contribution in [0.4, 0.5) is 8.78 Å². The summed E-state index contributed by atoms with van der Waals surface area (Å²) in [6, 6.07) is 0. The summed E-state index contributed by atoms with van der Waals surface area (Å²) in [6.45, 7) is 6.07. The number of hydrogen-bond acceptors (Lipinski definition) is 4. The number of carbonyl (C=O) groups excluding carboxylic acids is 1. The fourth-order valence-electron chi connectivity index (χ4n) is 2.08. The Morgan fingerprint density at radius 2 is 2.00 bits per heavy atom. The summed E-state index contributed by atoms with van der Waals surface area (Å²) in [7, 11) is 2.66. The van der Waals surface area contributed by atoms with E-state index in [0.29, 0.717) is 12.1 Å². The molecule has 118 valence electrons. The topological polar surface area (TPSA) is 47.9 Å². The molecule has 0 aromatic rings. The van der Waals surface area contributed by atoms with Crippen molar-refractivity contribution >= 4 is 11.7 Å². The van der Waals surface area contributed by atoms with E-state index in [2.05, 4.69) is 16.3 Å². The summed E-state index contributed by atoms with van der Waals surface area (Å²) in [5.41, 5.74) is 0.575. The van der Waals surface area contributed by atoms with Crippen molar-refractivity contribution in [3.8, 4) is 0 Å². The van der Waals surface area contributed by atoms with Crippen molar-refractivity contribution in [3.63, 3.8) is 0 Å². The number of carbonyl (C=O) groups is 1. The molecule has 0 saturated heterocycles. The van der Waals surface area contributed by atoms with E-state index in [1.165, 1.54) is 20.3 Å². The van der Waals surface area contributed by atoms with Gasteiger partial charge in [0.25, 0.3) is 0 Å². The fourth-order valence-corrected chi connectivity index (χ4v) is 2.08. The highest BCUT2D eigenvalue weighted by molar-refractivity contribution is 6.41. The number of esters is 1. The van der Waals surface area contributed by atoms with Gasteiger partial charge in [0.05, 0.1) is 14.2 Å². The lowest BCUT2D eigenvalue weighted by Gasteiger charge is -2.36. The second-order valence-corrected chi connectivity index (χ2v) is 4.95. The highest BCUT2D eigenvalue weighted by atomic mass is 19.3. The first-order chi connectivity index (χ1) is 9.84. The molecule has 1 saturated carbocycles. The fraction of sp³-hybridized carbons (Fsp3) is 0.600. The highest BCUT2D eigenvalue weighted by Gasteiger charge is 2.47. The Hall–Kier alpha value is -1.72. The lowest BCUT2D eigenvalue weighted by atomic mass is 9.75. The number of hydrogen-bond donors (Lipinski definition) is 0. The van der Waals surface area contributed by atoms with Crippen molar-refractivity contribution in [1.29, 1.82) is 0 Å². The molecule has 0 radical (unpaired) electrons. The van der Waals surface area contributed by atoms with Crippen molar-refractivity contribution < 1.29 is 23.0 Å². The maximum absolute atomic E-state index is 13.1. The Morgan fingerprint density at radius 3 is 2.43 bits per heavy atom. The molecule has 6 heteroatoms. The molecule has 1 aliphatic rings. The first-order valence-electron chi connectivity index (χ1n) is 6.80. The molecule has 0 N–H and O–H groups in total. The summed E-state index contributed by atoms with van der Waals surface area (Å²) < 4.78 is 35.8. The van der Waals surface area contributed by atoms with Crippen molar-refractivity contribution in [2.75, 3.05) is 20.8 Å². The number of allylic oxidation sites excluding steroid dienone is 1. The minimum atomic E-state index is -2.66. The van der Waals surface area contributed by atoms with E-state index >= 15 is 0 Å². The molecule has 0 amide bonds. The molecule has 0 aromatic heterocycles. The summed E-state index contributed by atoms with van der Waals surface area (Å²) in [5, 5.41) is 0. The minimum Gasteiger partial charge on any atom is -0.497 e. The average Bonchev–Trinajstić information content (AvgIpc) is 2.43. The zero-order valence-corrected chi connectivity index (χ0v) is 12.6. The van der Waals surface area contributed by atoms with Gasteiger partial charge in [0.15, 0.2) is 0 Å². The predicted molar refractivity (Wildman–Crippen MR) is 76.5 cm³/mol. The molecule has 0 spiro atoms. The summed E-state index contributed by atoms with van der Waals surface area (Å²) in [6.07, 6.45) is 1.66. The van der Waals surface area contributed by atoms with Crippen LogP contribution < -0.4 is 0 Å². The zero-order valence-electron chi connectivity index (χ0n) is 12.6. The lowest BCUT2D eigenvalue weighted by molar-refractivity contribution is -0.132. The first kappa shape index (κ1) is 17.3. The van der Waals surface area contributed by atoms with Crippen LogP contribution in [-0.4, -0.2) is 38.4 Å². The molecular weight excluding hydrogens is 280 g/mol. The van der Waals surface area contributed by atoms with E-state index in [0.717, 1.165) is 6.42 Å². The van der Waals surface area contributed by atoms with Crippen LogP contribution in [0.2, 0.25) is 0 Å². The number of ether oxygens (including phenoxy) is 2. The van der Waals surface area contributed by atoms with Crippen LogP contribution in [0.5, 0.6) is 0 Å². The number of nitrogens with zero attached hydrogens (tertiary/aromatic N) is 1. The quantitative estimate of drug-likeness (QED) is 0.314. The Kier molecular flexibility index (Phi) is 6.05. The minimum absolute atomic E-state index is 0.0998. The smallest absolute Gasteiger partial charge is 0.356 e. The van der Waals surface area contributed by atoms with Gasteiger partial charge in [0.2, 0.25) is 5.92 Å². The van der Waals surface area contributed by atoms with Gasteiger partial charge in [-0.2, -0.15) is 0 Å². The second-order valence-electron chi connectivity index (χ2n) is 4.95. The van der Waals surface area contributed by atoms with Gasteiger partial charge in [-0.1, -0.05) is 13.5 Å². The van der Waals surface area contributed by atoms with E-state index in [1.54, 1.807) is 0 Å². The third-order valence-corrected chi connectivity index (χ3v) is 3.29. The third-order valence-electron chi connectivity index (χ3n) is 3.29. The molecule has 1 rings (SSSR count). The van der Waals surface area contributed by atoms with Crippen molar-refractivity contribution in [2.24, 2.45) is 10.9 Å². The number of rotatable bonds is 7. The Bertz CT molecular complexity index is 462. The van der Waals surface area contributed by atoms with Crippen molar-refractivity contribution in [3.05, 3.63) is 24.0 Å². The van der Waals surface area contributed by atoms with Gasteiger partial charge in [-0.05, 0) is 24.0 Å². The van der Waals surface area contributed by atoms with Crippen LogP contribution in [0.3, 0.4) is 0 Å². The third kappa shape index (κ3) is 4.65. The van der Waals surface area contributed by atoms with Gasteiger partial charge < -0.3 is 9.47 Å². The molecule has 21 heavy (non-hydrogen) atoms. The van der Waals surface area contributed by atoms with Crippen LogP contribution in [0, 0.1) is 5.92 Å². The lowest BCUT2D eigenvalue weighted by Crippen LogP contribution is -2.37. The van der Waals surface area contributed by atoms with Gasteiger partial charge in [0.1, 0.15) is 11.5 Å². The first-order valence-corrected chi connectivity index (χ1v) is 6.80. The van der Waals surface area contributed by atoms with E-state index < -0.39 is 11.9 Å². The molecule has 0 aromatic carbocycles. The zero-order chi connectivity index (χ0) is 16.0. The van der Waals surface area contributed by atoms with Crippen LogP contribution in [-0.2, 0) is 14.3 Å². The maximum Gasteiger partial charge on any atom is 0.356 e. The Morgan fingerprint density at radius 1 is 1.38 bits per heavy atom. The highest BCUT2D eigenvalue weighted by Crippen LogP contribution is 2.47. The van der Waals surface area contributed by atoms with E-state index in [4.69, 9.17) is 4.74 Å². The second kappa shape index (κ2) is 7.33. The number of aliphatic imine (C=N–C) groups is 1. The number of methoxy groups -OCH3 is 2. The SMILES string of the molecule is C=C(OC)C(=CC(=NCCC)C(=O)OC)C1CC(F)(F)C1. The van der Waals surface area contributed by atoms with E-state index in [1.807, 2.05) is 6.92 Å². The van der Waals surface area contributed by atoms with Crippen LogP contribution in [0.1, 0.15) is 26.2 Å². The van der Waals surface area contributed by atoms with Gasteiger partial charge in [-0.15, -0.1) is 0 Å². The van der Waals surface area contributed by atoms with E-state index in [-0.39, 0.29) is 30.2 Å². The van der Waals surface area contributed by atoms with Gasteiger partial charge in [-0.25, -0.2) is 13.6 Å². The van der Waals surface area contributed by atoms with Crippen molar-refractivity contribution in [2.45, 2.75) is 32.1 Å². The molecule has 0 bridgehead atoms. The molecule has 0 unspecified atom stereocenters. The van der Waals surface area contributed by atoms with E-state index in [9.17, 15) is 13.6 Å². The molecule has 4 nitrogen and oxygen atoms in total. The Labute approximate surface area is 123 Å².